The highest BCUT2D eigenvalue weighted by molar-refractivity contribution is 5.95. The summed E-state index contributed by atoms with van der Waals surface area (Å²) >= 11 is 0. The van der Waals surface area contributed by atoms with Gasteiger partial charge >= 0.3 is 5.97 Å². The Kier molecular flexibility index (Phi) is 2.14. The number of nitrogens with zero attached hydrogens (tertiary/aromatic N) is 1. The first kappa shape index (κ1) is 9.28. The zero-order valence-corrected chi connectivity index (χ0v) is 8.07. The summed E-state index contributed by atoms with van der Waals surface area (Å²) in [5.41, 5.74) is 1.71. The minimum atomic E-state index is -0.407. The minimum absolute atomic E-state index is 0.398. The lowest BCUT2D eigenvalue weighted by Gasteiger charge is -1.92. The lowest BCUT2D eigenvalue weighted by molar-refractivity contribution is 0.0595. The van der Waals surface area contributed by atoms with Crippen molar-refractivity contribution < 1.29 is 9.53 Å². The highest BCUT2D eigenvalue weighted by Crippen LogP contribution is 2.21. The topological polar surface area (TPSA) is 46.5 Å². The average molecular weight is 200 g/mol. The van der Waals surface area contributed by atoms with Gasteiger partial charge in [-0.2, -0.15) is 0 Å². The molecule has 1 aromatic carbocycles. The molecule has 0 bridgehead atoms. The van der Waals surface area contributed by atoms with E-state index in [1.165, 1.54) is 7.11 Å². The third-order valence-electron chi connectivity index (χ3n) is 2.14. The molecule has 0 fully saturated rings. The predicted molar refractivity (Wildman–Crippen MR) is 55.9 cm³/mol. The van der Waals surface area contributed by atoms with Gasteiger partial charge in [0.05, 0.1) is 13.7 Å². The highest BCUT2D eigenvalue weighted by Gasteiger charge is 2.09. The number of fused-ring (bicyclic) bond motifs is 1. The first-order valence-electron chi connectivity index (χ1n) is 4.33. The number of aromatic amines is 1. The molecular weight excluding hydrogens is 192 g/mol. The maximum absolute atomic E-state index is 11.2. The van der Waals surface area contributed by atoms with Gasteiger partial charge in [-0.25, -0.2) is 9.64 Å². The van der Waals surface area contributed by atoms with Crippen molar-refractivity contribution in [3.05, 3.63) is 41.4 Å². The van der Waals surface area contributed by atoms with Crippen molar-refractivity contribution in [2.45, 2.75) is 0 Å². The van der Waals surface area contributed by atoms with Gasteiger partial charge in [-0.1, -0.05) is 12.1 Å². The fourth-order valence-electron chi connectivity index (χ4n) is 1.40. The van der Waals surface area contributed by atoms with Gasteiger partial charge in [0, 0.05) is 5.52 Å². The van der Waals surface area contributed by atoms with Crippen LogP contribution in [0.4, 0.5) is 5.69 Å². The van der Waals surface area contributed by atoms with E-state index >= 15 is 0 Å². The average Bonchev–Trinajstić information content (AvgIpc) is 2.70. The van der Waals surface area contributed by atoms with Crippen molar-refractivity contribution in [3.63, 3.8) is 0 Å². The zero-order valence-electron chi connectivity index (χ0n) is 8.07. The Balaban J connectivity index is 2.57. The lowest BCUT2D eigenvalue weighted by Crippen LogP contribution is -2.00. The van der Waals surface area contributed by atoms with Crippen LogP contribution in [0.5, 0.6) is 0 Å². The van der Waals surface area contributed by atoms with Crippen LogP contribution >= 0.6 is 0 Å². The summed E-state index contributed by atoms with van der Waals surface area (Å²) in [5, 5.41) is 0.891. The summed E-state index contributed by atoms with van der Waals surface area (Å²) in [6.07, 6.45) is 0. The SMILES string of the molecule is [C-]#[N+]c1ccc2cc(C(=O)OC)[nH]c2c1. The highest BCUT2D eigenvalue weighted by atomic mass is 16.5. The van der Waals surface area contributed by atoms with Crippen LogP contribution in [0.3, 0.4) is 0 Å². The van der Waals surface area contributed by atoms with Crippen LogP contribution in [0.25, 0.3) is 15.7 Å². The molecular formula is C11H8N2O2. The number of ether oxygens (including phenoxy) is 1. The number of hydrogen-bond donors (Lipinski definition) is 1. The third-order valence-corrected chi connectivity index (χ3v) is 2.14. The summed E-state index contributed by atoms with van der Waals surface area (Å²) in [7, 11) is 1.33. The molecule has 0 saturated carbocycles. The van der Waals surface area contributed by atoms with Crippen LogP contribution < -0.4 is 0 Å². The molecule has 0 aliphatic heterocycles. The molecule has 0 atom stereocenters. The van der Waals surface area contributed by atoms with E-state index in [-0.39, 0.29) is 0 Å². The molecule has 2 aromatic rings. The van der Waals surface area contributed by atoms with Crippen molar-refractivity contribution in [1.82, 2.24) is 4.98 Å². The number of nitrogens with one attached hydrogen (secondary N) is 1. The molecule has 74 valence electrons. The number of esters is 1. The van der Waals surface area contributed by atoms with Gasteiger partial charge in [0.25, 0.3) is 0 Å². The molecule has 0 saturated heterocycles. The molecule has 0 radical (unpaired) electrons. The number of H-pyrrole nitrogens is 1. The number of carbonyl (C=O) groups is 1. The van der Waals surface area contributed by atoms with Gasteiger partial charge in [0.1, 0.15) is 5.69 Å². The summed E-state index contributed by atoms with van der Waals surface area (Å²) in [6.45, 7) is 6.87. The lowest BCUT2D eigenvalue weighted by atomic mass is 10.2. The molecule has 0 amide bonds. The van der Waals surface area contributed by atoms with E-state index in [1.807, 2.05) is 0 Å². The van der Waals surface area contributed by atoms with Gasteiger partial charge < -0.3 is 9.72 Å². The Morgan fingerprint density at radius 1 is 1.47 bits per heavy atom. The number of aromatic nitrogens is 1. The second-order valence-corrected chi connectivity index (χ2v) is 3.06. The predicted octanol–water partition coefficient (Wildman–Crippen LogP) is 2.51. The first-order valence-corrected chi connectivity index (χ1v) is 4.33. The Morgan fingerprint density at radius 2 is 2.27 bits per heavy atom. The van der Waals surface area contributed by atoms with Gasteiger partial charge in [-0.3, -0.25) is 0 Å². The smallest absolute Gasteiger partial charge is 0.354 e. The van der Waals surface area contributed by atoms with Crippen molar-refractivity contribution in [2.75, 3.05) is 7.11 Å². The largest absolute Gasteiger partial charge is 0.464 e. The third kappa shape index (κ3) is 1.55. The molecule has 0 aliphatic rings. The van der Waals surface area contributed by atoms with Crippen LogP contribution in [-0.2, 0) is 4.74 Å². The van der Waals surface area contributed by atoms with E-state index in [9.17, 15) is 4.79 Å². The van der Waals surface area contributed by atoms with Gasteiger partial charge in [-0.05, 0) is 17.5 Å². The van der Waals surface area contributed by atoms with E-state index in [4.69, 9.17) is 6.57 Å². The Bertz CT molecular complexity index is 563. The van der Waals surface area contributed by atoms with E-state index in [0.29, 0.717) is 11.4 Å². The number of carbonyl (C=O) groups excluding carboxylic acids is 1. The minimum Gasteiger partial charge on any atom is -0.464 e. The van der Waals surface area contributed by atoms with Crippen molar-refractivity contribution in [3.8, 4) is 0 Å². The number of methoxy groups -OCH3 is 1. The molecule has 15 heavy (non-hydrogen) atoms. The first-order chi connectivity index (χ1) is 7.24. The van der Waals surface area contributed by atoms with Gasteiger partial charge in [0.2, 0.25) is 0 Å². The monoisotopic (exact) mass is 200 g/mol. The molecule has 1 aromatic heterocycles. The second kappa shape index (κ2) is 3.46. The van der Waals surface area contributed by atoms with Crippen molar-refractivity contribution in [1.29, 1.82) is 0 Å². The molecule has 1 N–H and O–H groups in total. The van der Waals surface area contributed by atoms with Crippen LogP contribution in [-0.4, -0.2) is 18.1 Å². The van der Waals surface area contributed by atoms with Gasteiger partial charge in [0.15, 0.2) is 5.69 Å². The molecule has 4 heteroatoms. The maximum Gasteiger partial charge on any atom is 0.354 e. The van der Waals surface area contributed by atoms with E-state index in [2.05, 4.69) is 14.6 Å². The van der Waals surface area contributed by atoms with Crippen LogP contribution in [0.2, 0.25) is 0 Å². The molecule has 1 heterocycles. The number of hydrogen-bond acceptors (Lipinski definition) is 2. The molecule has 2 rings (SSSR count). The summed E-state index contributed by atoms with van der Waals surface area (Å²) in [4.78, 5) is 17.4. The Labute approximate surface area is 86.3 Å². The summed E-state index contributed by atoms with van der Waals surface area (Å²) in [5.74, 6) is -0.407. The van der Waals surface area contributed by atoms with Gasteiger partial charge in [-0.15, -0.1) is 0 Å². The van der Waals surface area contributed by atoms with Crippen molar-refractivity contribution >= 4 is 22.6 Å². The molecule has 0 spiro atoms. The maximum atomic E-state index is 11.2. The van der Waals surface area contributed by atoms with E-state index < -0.39 is 5.97 Å². The molecule has 0 unspecified atom stereocenters. The van der Waals surface area contributed by atoms with E-state index in [0.717, 1.165) is 10.9 Å². The molecule has 4 nitrogen and oxygen atoms in total. The van der Waals surface area contributed by atoms with Crippen molar-refractivity contribution in [2.24, 2.45) is 0 Å². The quantitative estimate of drug-likeness (QED) is 0.567. The normalized spacial score (nSPS) is 9.87. The summed E-state index contributed by atoms with van der Waals surface area (Å²) < 4.78 is 4.59. The van der Waals surface area contributed by atoms with E-state index in [1.54, 1.807) is 24.3 Å². The zero-order chi connectivity index (χ0) is 10.8. The Morgan fingerprint density at radius 3 is 2.93 bits per heavy atom. The molecule has 0 aliphatic carbocycles. The second-order valence-electron chi connectivity index (χ2n) is 3.06. The number of rotatable bonds is 1. The fourth-order valence-corrected chi connectivity index (χ4v) is 1.40. The van der Waals surface area contributed by atoms with Crippen LogP contribution in [0.1, 0.15) is 10.5 Å². The number of benzene rings is 1. The Hall–Kier alpha value is -2.28. The fraction of sp³-hybridized carbons (Fsp3) is 0.0909. The summed E-state index contributed by atoms with van der Waals surface area (Å²) in [6, 6.07) is 6.92. The van der Waals surface area contributed by atoms with Crippen LogP contribution in [0, 0.1) is 6.57 Å². The standard InChI is InChI=1S/C11H8N2O2/c1-12-8-4-3-7-5-10(11(14)15-2)13-9(7)6-8/h3-6,13H,2H3. The van der Waals surface area contributed by atoms with Crippen LogP contribution in [0.15, 0.2) is 24.3 Å².